The van der Waals surface area contributed by atoms with Crippen LogP contribution in [0.4, 0.5) is 0 Å². The molecule has 1 fully saturated rings. The monoisotopic (exact) mass is 282 g/mol. The SMILES string of the molecule is CCc1nc(C)c(C(=O)O)c(SC2CCOCC2)n1. The molecule has 6 heteroatoms. The molecule has 1 aromatic heterocycles. The predicted octanol–water partition coefficient (Wildman–Crippen LogP) is 2.32. The van der Waals surface area contributed by atoms with Crippen molar-refractivity contribution in [3.63, 3.8) is 0 Å². The van der Waals surface area contributed by atoms with Gasteiger partial charge in [-0.05, 0) is 19.8 Å². The number of carboxylic acids is 1. The van der Waals surface area contributed by atoms with Gasteiger partial charge >= 0.3 is 5.97 Å². The normalized spacial score (nSPS) is 16.5. The van der Waals surface area contributed by atoms with Gasteiger partial charge in [0.1, 0.15) is 16.4 Å². The summed E-state index contributed by atoms with van der Waals surface area (Å²) in [5.41, 5.74) is 0.794. The summed E-state index contributed by atoms with van der Waals surface area (Å²) in [7, 11) is 0. The molecule has 0 aliphatic carbocycles. The maximum absolute atomic E-state index is 11.4. The molecule has 2 heterocycles. The zero-order chi connectivity index (χ0) is 13.8. The van der Waals surface area contributed by atoms with E-state index in [1.807, 2.05) is 6.92 Å². The maximum atomic E-state index is 11.4. The molecule has 1 aliphatic heterocycles. The number of rotatable bonds is 4. The summed E-state index contributed by atoms with van der Waals surface area (Å²) >= 11 is 1.55. The van der Waals surface area contributed by atoms with Gasteiger partial charge in [-0.3, -0.25) is 0 Å². The summed E-state index contributed by atoms with van der Waals surface area (Å²) in [6, 6.07) is 0. The summed E-state index contributed by atoms with van der Waals surface area (Å²) in [6.07, 6.45) is 2.59. The van der Waals surface area contributed by atoms with Crippen LogP contribution in [0, 0.1) is 6.92 Å². The average molecular weight is 282 g/mol. The summed E-state index contributed by atoms with van der Waals surface area (Å²) in [5, 5.41) is 10.3. The van der Waals surface area contributed by atoms with E-state index in [1.54, 1.807) is 18.7 Å². The number of aryl methyl sites for hydroxylation is 2. The molecule has 1 aromatic rings. The molecule has 19 heavy (non-hydrogen) atoms. The van der Waals surface area contributed by atoms with E-state index in [1.165, 1.54) is 0 Å². The molecule has 1 saturated heterocycles. The van der Waals surface area contributed by atoms with Crippen LogP contribution in [-0.2, 0) is 11.2 Å². The molecule has 0 atom stereocenters. The molecule has 0 bridgehead atoms. The first-order valence-corrected chi connectivity index (χ1v) is 7.35. The number of hydrogen-bond acceptors (Lipinski definition) is 5. The zero-order valence-corrected chi connectivity index (χ0v) is 12.0. The van der Waals surface area contributed by atoms with Crippen LogP contribution < -0.4 is 0 Å². The molecule has 0 radical (unpaired) electrons. The summed E-state index contributed by atoms with van der Waals surface area (Å²) in [4.78, 5) is 20.0. The Bertz CT molecular complexity index is 473. The molecular formula is C13H18N2O3S. The first-order valence-electron chi connectivity index (χ1n) is 6.47. The van der Waals surface area contributed by atoms with Crippen molar-refractivity contribution >= 4 is 17.7 Å². The summed E-state index contributed by atoms with van der Waals surface area (Å²) < 4.78 is 5.32. The van der Waals surface area contributed by atoms with E-state index in [-0.39, 0.29) is 5.56 Å². The van der Waals surface area contributed by atoms with E-state index in [0.717, 1.165) is 26.1 Å². The minimum absolute atomic E-state index is 0.244. The van der Waals surface area contributed by atoms with Gasteiger partial charge in [-0.25, -0.2) is 14.8 Å². The lowest BCUT2D eigenvalue weighted by molar-refractivity contribution is 0.0690. The smallest absolute Gasteiger partial charge is 0.340 e. The number of carboxylic acid groups (broad SMARTS) is 1. The fourth-order valence-corrected chi connectivity index (χ4v) is 3.30. The number of nitrogens with zero attached hydrogens (tertiary/aromatic N) is 2. The fraction of sp³-hybridized carbons (Fsp3) is 0.615. The van der Waals surface area contributed by atoms with Gasteiger partial charge in [0, 0.05) is 24.9 Å². The van der Waals surface area contributed by atoms with Gasteiger partial charge in [0.2, 0.25) is 0 Å². The van der Waals surface area contributed by atoms with Crippen molar-refractivity contribution in [2.24, 2.45) is 0 Å². The summed E-state index contributed by atoms with van der Waals surface area (Å²) in [6.45, 7) is 5.19. The molecule has 2 rings (SSSR count). The third-order valence-electron chi connectivity index (χ3n) is 3.08. The van der Waals surface area contributed by atoms with Crippen molar-refractivity contribution in [1.29, 1.82) is 0 Å². The molecule has 5 nitrogen and oxygen atoms in total. The Morgan fingerprint density at radius 1 is 1.42 bits per heavy atom. The molecule has 104 valence electrons. The molecular weight excluding hydrogens is 264 g/mol. The number of thioether (sulfide) groups is 1. The first kappa shape index (κ1) is 14.3. The predicted molar refractivity (Wildman–Crippen MR) is 72.8 cm³/mol. The minimum atomic E-state index is -0.949. The second-order valence-corrected chi connectivity index (χ2v) is 5.78. The van der Waals surface area contributed by atoms with Crippen molar-refractivity contribution in [1.82, 2.24) is 9.97 Å². The Labute approximate surface area is 116 Å². The van der Waals surface area contributed by atoms with Gasteiger partial charge in [-0.1, -0.05) is 6.92 Å². The number of carbonyl (C=O) groups is 1. The largest absolute Gasteiger partial charge is 0.478 e. The highest BCUT2D eigenvalue weighted by molar-refractivity contribution is 7.99. The van der Waals surface area contributed by atoms with Crippen LogP contribution >= 0.6 is 11.8 Å². The van der Waals surface area contributed by atoms with Crippen molar-refractivity contribution in [3.05, 3.63) is 17.1 Å². The minimum Gasteiger partial charge on any atom is -0.478 e. The molecule has 0 saturated carbocycles. The Balaban J connectivity index is 2.29. The van der Waals surface area contributed by atoms with Crippen LogP contribution in [0.2, 0.25) is 0 Å². The summed E-state index contributed by atoms with van der Waals surface area (Å²) in [5.74, 6) is -0.244. The Hall–Kier alpha value is -1.14. The van der Waals surface area contributed by atoms with Gasteiger partial charge in [0.05, 0.1) is 5.69 Å². The molecule has 0 unspecified atom stereocenters. The van der Waals surface area contributed by atoms with Gasteiger partial charge < -0.3 is 9.84 Å². The second kappa shape index (κ2) is 6.34. The van der Waals surface area contributed by atoms with Crippen molar-refractivity contribution in [3.8, 4) is 0 Å². The Morgan fingerprint density at radius 2 is 2.11 bits per heavy atom. The lowest BCUT2D eigenvalue weighted by atomic mass is 10.2. The fourth-order valence-electron chi connectivity index (χ4n) is 2.04. The van der Waals surface area contributed by atoms with Crippen LogP contribution in [0.5, 0.6) is 0 Å². The second-order valence-electron chi connectivity index (χ2n) is 4.49. The van der Waals surface area contributed by atoms with Crippen LogP contribution in [0.15, 0.2) is 5.03 Å². The van der Waals surface area contributed by atoms with Gasteiger partial charge in [-0.2, -0.15) is 0 Å². The number of aromatic carboxylic acids is 1. The number of ether oxygens (including phenoxy) is 1. The van der Waals surface area contributed by atoms with E-state index in [4.69, 9.17) is 4.74 Å². The van der Waals surface area contributed by atoms with Gasteiger partial charge in [0.15, 0.2) is 0 Å². The first-order chi connectivity index (χ1) is 9.11. The van der Waals surface area contributed by atoms with Crippen LogP contribution in [0.25, 0.3) is 0 Å². The molecule has 1 N–H and O–H groups in total. The van der Waals surface area contributed by atoms with Crippen molar-refractivity contribution in [2.45, 2.75) is 43.4 Å². The van der Waals surface area contributed by atoms with E-state index >= 15 is 0 Å². The standard InChI is InChI=1S/C13H18N2O3S/c1-3-10-14-8(2)11(13(16)17)12(15-10)19-9-4-6-18-7-5-9/h9H,3-7H2,1-2H3,(H,16,17). The van der Waals surface area contributed by atoms with E-state index < -0.39 is 5.97 Å². The average Bonchev–Trinajstić information content (AvgIpc) is 2.38. The van der Waals surface area contributed by atoms with Crippen molar-refractivity contribution < 1.29 is 14.6 Å². The Morgan fingerprint density at radius 3 is 2.68 bits per heavy atom. The lowest BCUT2D eigenvalue weighted by Crippen LogP contribution is -2.19. The molecule has 1 aliphatic rings. The van der Waals surface area contributed by atoms with Crippen LogP contribution in [-0.4, -0.2) is 39.5 Å². The lowest BCUT2D eigenvalue weighted by Gasteiger charge is -2.22. The zero-order valence-electron chi connectivity index (χ0n) is 11.2. The number of aromatic nitrogens is 2. The van der Waals surface area contributed by atoms with Crippen LogP contribution in [0.1, 0.15) is 41.6 Å². The number of hydrogen-bond donors (Lipinski definition) is 1. The third kappa shape index (κ3) is 3.45. The third-order valence-corrected chi connectivity index (χ3v) is 4.40. The quantitative estimate of drug-likeness (QED) is 0.854. The van der Waals surface area contributed by atoms with Gasteiger partial charge in [-0.15, -0.1) is 11.8 Å². The molecule has 0 spiro atoms. The van der Waals surface area contributed by atoms with Crippen molar-refractivity contribution in [2.75, 3.05) is 13.2 Å². The molecule has 0 aromatic carbocycles. The van der Waals surface area contributed by atoms with E-state index in [2.05, 4.69) is 9.97 Å². The highest BCUT2D eigenvalue weighted by Crippen LogP contribution is 2.31. The maximum Gasteiger partial charge on any atom is 0.340 e. The molecule has 0 amide bonds. The highest BCUT2D eigenvalue weighted by Gasteiger charge is 2.22. The van der Waals surface area contributed by atoms with E-state index in [9.17, 15) is 9.90 Å². The van der Waals surface area contributed by atoms with Gasteiger partial charge in [0.25, 0.3) is 0 Å². The van der Waals surface area contributed by atoms with Crippen LogP contribution in [0.3, 0.4) is 0 Å². The van der Waals surface area contributed by atoms with E-state index in [0.29, 0.717) is 28.2 Å². The topological polar surface area (TPSA) is 72.3 Å². The highest BCUT2D eigenvalue weighted by atomic mass is 32.2. The Kier molecular flexibility index (Phi) is 4.76.